The Morgan fingerprint density at radius 1 is 0.783 bits per heavy atom. The smallest absolute Gasteiger partial charge is 0.0845 e. The summed E-state index contributed by atoms with van der Waals surface area (Å²) in [6, 6.07) is 0. The van der Waals surface area contributed by atoms with Crippen molar-refractivity contribution in [1.29, 1.82) is 0 Å². The van der Waals surface area contributed by atoms with Crippen LogP contribution >= 0.6 is 0 Å². The molecule has 3 nitrogen and oxygen atoms in total. The molecule has 2 aliphatic heterocycles. The monoisotopic (exact) mass is 318 g/mol. The predicted octanol–water partition coefficient (Wildman–Crippen LogP) is 4.03. The normalized spacial score (nSPS) is 43.7. The Kier molecular flexibility index (Phi) is 4.15. The zero-order valence-electron chi connectivity index (χ0n) is 14.5. The third kappa shape index (κ3) is 3.29. The van der Waals surface area contributed by atoms with E-state index in [1.807, 2.05) is 0 Å². The second kappa shape index (κ2) is 6.02. The molecule has 2 saturated carbocycles. The first kappa shape index (κ1) is 15.9. The van der Waals surface area contributed by atoms with Gasteiger partial charge in [-0.05, 0) is 64.2 Å². The molecular weight excluding hydrogens is 288 g/mol. The van der Waals surface area contributed by atoms with Gasteiger partial charge in [0.1, 0.15) is 0 Å². The van der Waals surface area contributed by atoms with Gasteiger partial charge in [-0.3, -0.25) is 0 Å². The molecule has 3 heteroatoms. The Labute approximate surface area is 140 Å². The van der Waals surface area contributed by atoms with Crippen LogP contribution < -0.4 is 0 Å². The third-order valence-corrected chi connectivity index (χ3v) is 6.21. The average molecular weight is 318 g/mol. The van der Waals surface area contributed by atoms with Gasteiger partial charge in [0.15, 0.2) is 0 Å². The molecule has 0 spiro atoms. The predicted molar refractivity (Wildman–Crippen MR) is 90.3 cm³/mol. The molecule has 8 unspecified atom stereocenters. The van der Waals surface area contributed by atoms with E-state index in [-0.39, 0.29) is 12.2 Å². The van der Waals surface area contributed by atoms with E-state index in [0.717, 1.165) is 24.0 Å². The van der Waals surface area contributed by atoms with Gasteiger partial charge in [-0.1, -0.05) is 24.3 Å². The molecule has 2 aliphatic carbocycles. The number of hydrogen-bond donors (Lipinski definition) is 0. The van der Waals surface area contributed by atoms with Crippen molar-refractivity contribution in [2.24, 2.45) is 11.8 Å². The largest absolute Gasteiger partial charge is 0.370 e. The van der Waals surface area contributed by atoms with Crippen molar-refractivity contribution in [2.45, 2.75) is 89.0 Å². The standard InChI is InChI=1S/C20H30O3/c1-11(2)19(13-5-7-15-17(9-13)21-15)23-20(12(3)4)14-6-8-16-18(10-14)22-16/h13-20H,1,3,5-10H2,2,4H3. The van der Waals surface area contributed by atoms with Gasteiger partial charge in [-0.2, -0.15) is 0 Å². The molecule has 0 aromatic heterocycles. The van der Waals surface area contributed by atoms with E-state index in [1.54, 1.807) is 0 Å². The fraction of sp³-hybridized carbons (Fsp3) is 0.800. The van der Waals surface area contributed by atoms with E-state index in [2.05, 4.69) is 27.0 Å². The summed E-state index contributed by atoms with van der Waals surface area (Å²) in [6.07, 6.45) is 9.33. The van der Waals surface area contributed by atoms with Crippen LogP contribution in [0.4, 0.5) is 0 Å². The molecule has 23 heavy (non-hydrogen) atoms. The van der Waals surface area contributed by atoms with Crippen molar-refractivity contribution >= 4 is 0 Å². The lowest BCUT2D eigenvalue weighted by Gasteiger charge is -2.37. The van der Waals surface area contributed by atoms with Crippen LogP contribution in [0, 0.1) is 11.8 Å². The Bertz CT molecular complexity index is 455. The highest BCUT2D eigenvalue weighted by molar-refractivity contribution is 5.10. The summed E-state index contributed by atoms with van der Waals surface area (Å²) in [5.41, 5.74) is 2.30. The van der Waals surface area contributed by atoms with Gasteiger partial charge in [0.2, 0.25) is 0 Å². The van der Waals surface area contributed by atoms with Crippen molar-refractivity contribution in [3.05, 3.63) is 24.3 Å². The number of hydrogen-bond acceptors (Lipinski definition) is 3. The van der Waals surface area contributed by atoms with Gasteiger partial charge in [-0.25, -0.2) is 0 Å². The fourth-order valence-electron chi connectivity index (χ4n) is 4.84. The molecule has 4 fully saturated rings. The van der Waals surface area contributed by atoms with Gasteiger partial charge < -0.3 is 14.2 Å². The van der Waals surface area contributed by atoms with E-state index in [1.165, 1.54) is 25.7 Å². The second-order valence-corrected chi connectivity index (χ2v) is 8.24. The summed E-state index contributed by atoms with van der Waals surface area (Å²) in [7, 11) is 0. The van der Waals surface area contributed by atoms with E-state index >= 15 is 0 Å². The van der Waals surface area contributed by atoms with Crippen LogP contribution in [-0.2, 0) is 14.2 Å². The highest BCUT2D eigenvalue weighted by Gasteiger charge is 2.48. The summed E-state index contributed by atoms with van der Waals surface area (Å²) in [5.74, 6) is 1.10. The van der Waals surface area contributed by atoms with Crippen molar-refractivity contribution in [2.75, 3.05) is 0 Å². The lowest BCUT2D eigenvalue weighted by Crippen LogP contribution is -2.37. The minimum atomic E-state index is 0.139. The zero-order chi connectivity index (χ0) is 16.1. The van der Waals surface area contributed by atoms with Gasteiger partial charge in [0.05, 0.1) is 36.6 Å². The Morgan fingerprint density at radius 3 is 1.57 bits per heavy atom. The molecule has 128 valence electrons. The average Bonchev–Trinajstić information content (AvgIpc) is 3.40. The Balaban J connectivity index is 1.44. The number of rotatable bonds is 6. The molecule has 0 aromatic carbocycles. The molecule has 0 bridgehead atoms. The SMILES string of the molecule is C=C(C)C(OC(C(=C)C)C1CCC2OC2C1)C1CCC2OC2C1. The highest BCUT2D eigenvalue weighted by Crippen LogP contribution is 2.45. The zero-order valence-corrected chi connectivity index (χ0v) is 14.5. The van der Waals surface area contributed by atoms with Crippen molar-refractivity contribution in [3.8, 4) is 0 Å². The first-order valence-corrected chi connectivity index (χ1v) is 9.30. The van der Waals surface area contributed by atoms with E-state index in [9.17, 15) is 0 Å². The number of fused-ring (bicyclic) bond motifs is 2. The second-order valence-electron chi connectivity index (χ2n) is 8.24. The maximum atomic E-state index is 6.68. The molecule has 8 atom stereocenters. The molecule has 2 saturated heterocycles. The van der Waals surface area contributed by atoms with Gasteiger partial charge >= 0.3 is 0 Å². The lowest BCUT2D eigenvalue weighted by atomic mass is 9.81. The van der Waals surface area contributed by atoms with E-state index < -0.39 is 0 Å². The molecule has 4 rings (SSSR count). The number of epoxide rings is 2. The van der Waals surface area contributed by atoms with E-state index in [0.29, 0.717) is 36.3 Å². The maximum absolute atomic E-state index is 6.68. The molecule has 0 N–H and O–H groups in total. The Morgan fingerprint density at radius 2 is 1.22 bits per heavy atom. The first-order chi connectivity index (χ1) is 11.0. The highest BCUT2D eigenvalue weighted by atomic mass is 16.6. The van der Waals surface area contributed by atoms with Crippen LogP contribution in [0.1, 0.15) is 52.4 Å². The van der Waals surface area contributed by atoms with Crippen LogP contribution in [0.2, 0.25) is 0 Å². The summed E-state index contributed by atoms with van der Waals surface area (Å²) < 4.78 is 18.1. The maximum Gasteiger partial charge on any atom is 0.0845 e. The minimum absolute atomic E-state index is 0.139. The van der Waals surface area contributed by atoms with Crippen molar-refractivity contribution in [1.82, 2.24) is 0 Å². The topological polar surface area (TPSA) is 34.3 Å². The van der Waals surface area contributed by atoms with Crippen LogP contribution in [0.3, 0.4) is 0 Å². The van der Waals surface area contributed by atoms with Crippen molar-refractivity contribution in [3.63, 3.8) is 0 Å². The quantitative estimate of drug-likeness (QED) is 0.548. The fourth-order valence-corrected chi connectivity index (χ4v) is 4.84. The van der Waals surface area contributed by atoms with Crippen LogP contribution in [0.25, 0.3) is 0 Å². The summed E-state index contributed by atoms with van der Waals surface area (Å²) >= 11 is 0. The molecule has 0 aromatic rings. The third-order valence-electron chi connectivity index (χ3n) is 6.21. The van der Waals surface area contributed by atoms with Gasteiger partial charge in [0.25, 0.3) is 0 Å². The number of ether oxygens (including phenoxy) is 3. The van der Waals surface area contributed by atoms with Crippen LogP contribution in [0.5, 0.6) is 0 Å². The van der Waals surface area contributed by atoms with Crippen LogP contribution in [-0.4, -0.2) is 36.6 Å². The molecule has 4 aliphatic rings. The summed E-state index contributed by atoms with van der Waals surface area (Å²) in [6.45, 7) is 12.7. The summed E-state index contributed by atoms with van der Waals surface area (Å²) in [4.78, 5) is 0. The van der Waals surface area contributed by atoms with Gasteiger partial charge in [0, 0.05) is 0 Å². The molecule has 0 amide bonds. The molecule has 0 radical (unpaired) electrons. The minimum Gasteiger partial charge on any atom is -0.370 e. The summed E-state index contributed by atoms with van der Waals surface area (Å²) in [5, 5.41) is 0. The Hall–Kier alpha value is -0.640. The molecular formula is C20H30O3. The van der Waals surface area contributed by atoms with Crippen molar-refractivity contribution < 1.29 is 14.2 Å². The van der Waals surface area contributed by atoms with Crippen LogP contribution in [0.15, 0.2) is 24.3 Å². The van der Waals surface area contributed by atoms with Gasteiger partial charge in [-0.15, -0.1) is 0 Å². The molecule has 2 heterocycles. The first-order valence-electron chi connectivity index (χ1n) is 9.30. The van der Waals surface area contributed by atoms with E-state index in [4.69, 9.17) is 14.2 Å². The lowest BCUT2D eigenvalue weighted by molar-refractivity contribution is -0.0431.